The summed E-state index contributed by atoms with van der Waals surface area (Å²) in [6.45, 7) is 9.81. The molecule has 1 unspecified atom stereocenters. The van der Waals surface area contributed by atoms with E-state index in [-0.39, 0.29) is 12.2 Å². The summed E-state index contributed by atoms with van der Waals surface area (Å²) in [6.07, 6.45) is 0.518. The van der Waals surface area contributed by atoms with Gasteiger partial charge >= 0.3 is 11.9 Å². The number of ether oxygens (including phenoxy) is 2. The predicted octanol–water partition coefficient (Wildman–Crippen LogP) is 1.22. The molecule has 0 amide bonds. The van der Waals surface area contributed by atoms with Gasteiger partial charge in [-0.15, -0.1) is 0 Å². The lowest BCUT2D eigenvalue weighted by atomic mass is 10.3. The molecule has 0 radical (unpaired) electrons. The minimum Gasteiger partial charge on any atom is -0.459 e. The van der Waals surface area contributed by atoms with Crippen LogP contribution >= 0.6 is 0 Å². The van der Waals surface area contributed by atoms with Crippen LogP contribution in [0.3, 0.4) is 0 Å². The van der Waals surface area contributed by atoms with E-state index in [9.17, 15) is 9.59 Å². The molecule has 0 saturated heterocycles. The number of hydrogen-bond donors (Lipinski definition) is 0. The molecule has 1 atom stereocenters. The molecule has 0 heterocycles. The maximum absolute atomic E-state index is 11.1. The van der Waals surface area contributed by atoms with E-state index in [0.717, 1.165) is 0 Å². The molecule has 0 rings (SSSR count). The highest BCUT2D eigenvalue weighted by Crippen LogP contribution is 2.00. The first-order chi connectivity index (χ1) is 6.49. The lowest BCUT2D eigenvalue weighted by molar-refractivity contribution is -0.163. The van der Waals surface area contributed by atoms with Gasteiger partial charge in [0.15, 0.2) is 6.10 Å². The minimum atomic E-state index is -0.917. The van der Waals surface area contributed by atoms with E-state index in [1.54, 1.807) is 0 Å². The molecule has 4 heteroatoms. The molecule has 0 aliphatic heterocycles. The third kappa shape index (κ3) is 4.45. The van der Waals surface area contributed by atoms with E-state index in [4.69, 9.17) is 4.74 Å². The Morgan fingerprint density at radius 2 is 2.07 bits per heavy atom. The van der Waals surface area contributed by atoms with Crippen LogP contribution in [0.2, 0.25) is 0 Å². The van der Waals surface area contributed by atoms with Crippen LogP contribution in [0, 0.1) is 0 Å². The fraction of sp³-hybridized carbons (Fsp3) is 0.400. The molecular weight excluding hydrogens is 184 g/mol. The lowest BCUT2D eigenvalue weighted by Crippen LogP contribution is -2.26. The summed E-state index contributed by atoms with van der Waals surface area (Å²) in [4.78, 5) is 22.1. The first kappa shape index (κ1) is 12.4. The quantitative estimate of drug-likeness (QED) is 0.378. The molecule has 0 spiro atoms. The Labute approximate surface area is 83.2 Å². The van der Waals surface area contributed by atoms with Crippen molar-refractivity contribution in [3.8, 4) is 0 Å². The number of carbonyl (C=O) groups excluding carboxylic acids is 2. The number of hydrogen-bond acceptors (Lipinski definition) is 4. The molecule has 78 valence electrons. The predicted molar refractivity (Wildman–Crippen MR) is 51.5 cm³/mol. The van der Waals surface area contributed by atoms with Crippen LogP contribution in [0.15, 0.2) is 24.8 Å². The summed E-state index contributed by atoms with van der Waals surface area (Å²) in [7, 11) is 0. The lowest BCUT2D eigenvalue weighted by Gasteiger charge is -2.11. The summed E-state index contributed by atoms with van der Waals surface area (Å²) in [5.41, 5.74) is 0.244. The smallest absolute Gasteiger partial charge is 0.347 e. The van der Waals surface area contributed by atoms with Gasteiger partial charge in [-0.1, -0.05) is 19.2 Å². The summed E-state index contributed by atoms with van der Waals surface area (Å²) < 4.78 is 9.39. The molecule has 0 aliphatic carbocycles. The van der Waals surface area contributed by atoms with E-state index in [1.807, 2.05) is 0 Å². The Hall–Kier alpha value is -1.58. The van der Waals surface area contributed by atoms with E-state index in [0.29, 0.717) is 0 Å². The molecular formula is C10H14O4. The zero-order valence-corrected chi connectivity index (χ0v) is 8.41. The molecule has 4 nitrogen and oxygen atoms in total. The van der Waals surface area contributed by atoms with Crippen LogP contribution in [0.5, 0.6) is 0 Å². The molecule has 0 aromatic carbocycles. The highest BCUT2D eigenvalue weighted by atomic mass is 16.6. The maximum atomic E-state index is 11.1. The fourth-order valence-corrected chi connectivity index (χ4v) is 0.568. The first-order valence-electron chi connectivity index (χ1n) is 4.13. The highest BCUT2D eigenvalue weighted by Gasteiger charge is 2.18. The monoisotopic (exact) mass is 198 g/mol. The minimum absolute atomic E-state index is 0.105. The standard InChI is InChI=1S/C10H14O4/c1-5-6-13-10(12)8(4)14-9(11)7(2)3/h5,8H,1-2,6H2,3-4H3. The Kier molecular flexibility index (Phi) is 5.29. The summed E-state index contributed by atoms with van der Waals surface area (Å²) in [6, 6.07) is 0. The Morgan fingerprint density at radius 1 is 1.50 bits per heavy atom. The third-order valence-corrected chi connectivity index (χ3v) is 1.31. The molecule has 0 bridgehead atoms. The molecule has 0 aliphatic rings. The fourth-order valence-electron chi connectivity index (χ4n) is 0.568. The van der Waals surface area contributed by atoms with Crippen LogP contribution in [-0.2, 0) is 19.1 Å². The van der Waals surface area contributed by atoms with Gasteiger partial charge in [0.25, 0.3) is 0 Å². The summed E-state index contributed by atoms with van der Waals surface area (Å²) >= 11 is 0. The molecule has 14 heavy (non-hydrogen) atoms. The Morgan fingerprint density at radius 3 is 2.50 bits per heavy atom. The Balaban J connectivity index is 4.00. The normalized spacial score (nSPS) is 11.3. The number of esters is 2. The average Bonchev–Trinajstić information content (AvgIpc) is 2.13. The van der Waals surface area contributed by atoms with Crippen molar-refractivity contribution >= 4 is 11.9 Å². The topological polar surface area (TPSA) is 52.6 Å². The van der Waals surface area contributed by atoms with Crippen molar-refractivity contribution in [1.82, 2.24) is 0 Å². The van der Waals surface area contributed by atoms with Gasteiger partial charge in [-0.2, -0.15) is 0 Å². The van der Waals surface area contributed by atoms with Crippen LogP contribution in [-0.4, -0.2) is 24.6 Å². The molecule has 0 N–H and O–H groups in total. The van der Waals surface area contributed by atoms with Gasteiger partial charge in [-0.05, 0) is 13.8 Å². The molecule has 0 saturated carbocycles. The SMILES string of the molecule is C=CCOC(=O)C(C)OC(=O)C(=C)C. The van der Waals surface area contributed by atoms with Crippen LogP contribution in [0.25, 0.3) is 0 Å². The number of rotatable bonds is 5. The highest BCUT2D eigenvalue weighted by molar-refractivity contribution is 5.89. The van der Waals surface area contributed by atoms with Crippen molar-refractivity contribution in [2.45, 2.75) is 20.0 Å². The van der Waals surface area contributed by atoms with Gasteiger partial charge < -0.3 is 9.47 Å². The second kappa shape index (κ2) is 5.96. The van der Waals surface area contributed by atoms with Crippen molar-refractivity contribution < 1.29 is 19.1 Å². The zero-order valence-electron chi connectivity index (χ0n) is 8.41. The van der Waals surface area contributed by atoms with E-state index in [1.165, 1.54) is 19.9 Å². The van der Waals surface area contributed by atoms with E-state index < -0.39 is 18.0 Å². The first-order valence-corrected chi connectivity index (χ1v) is 4.13. The van der Waals surface area contributed by atoms with Gasteiger partial charge in [-0.25, -0.2) is 9.59 Å². The van der Waals surface area contributed by atoms with Gasteiger partial charge in [0.2, 0.25) is 0 Å². The van der Waals surface area contributed by atoms with E-state index in [2.05, 4.69) is 17.9 Å². The van der Waals surface area contributed by atoms with E-state index >= 15 is 0 Å². The van der Waals surface area contributed by atoms with Gasteiger partial charge in [-0.3, -0.25) is 0 Å². The number of carbonyl (C=O) groups is 2. The molecule has 0 fully saturated rings. The van der Waals surface area contributed by atoms with Gasteiger partial charge in [0.1, 0.15) is 6.61 Å². The average molecular weight is 198 g/mol. The van der Waals surface area contributed by atoms with Crippen molar-refractivity contribution in [2.24, 2.45) is 0 Å². The van der Waals surface area contributed by atoms with Gasteiger partial charge in [0.05, 0.1) is 0 Å². The van der Waals surface area contributed by atoms with Crippen LogP contribution < -0.4 is 0 Å². The summed E-state index contributed by atoms with van der Waals surface area (Å²) in [5.74, 6) is -1.20. The Bertz CT molecular complexity index is 255. The second-order valence-corrected chi connectivity index (χ2v) is 2.75. The van der Waals surface area contributed by atoms with Gasteiger partial charge in [0, 0.05) is 5.57 Å². The maximum Gasteiger partial charge on any atom is 0.347 e. The molecule has 0 aromatic heterocycles. The van der Waals surface area contributed by atoms with Crippen LogP contribution in [0.4, 0.5) is 0 Å². The van der Waals surface area contributed by atoms with Crippen molar-refractivity contribution in [1.29, 1.82) is 0 Å². The third-order valence-electron chi connectivity index (χ3n) is 1.31. The van der Waals surface area contributed by atoms with Crippen molar-refractivity contribution in [3.63, 3.8) is 0 Å². The molecule has 0 aromatic rings. The van der Waals surface area contributed by atoms with Crippen molar-refractivity contribution in [2.75, 3.05) is 6.61 Å². The largest absolute Gasteiger partial charge is 0.459 e. The summed E-state index contributed by atoms with van der Waals surface area (Å²) in [5, 5.41) is 0. The zero-order chi connectivity index (χ0) is 11.1. The second-order valence-electron chi connectivity index (χ2n) is 2.75. The van der Waals surface area contributed by atoms with Crippen LogP contribution in [0.1, 0.15) is 13.8 Å². The van der Waals surface area contributed by atoms with Crippen molar-refractivity contribution in [3.05, 3.63) is 24.8 Å².